The van der Waals surface area contributed by atoms with Crippen LogP contribution in [0, 0.1) is 15.0 Å². The zero-order chi connectivity index (χ0) is 22.7. The topological polar surface area (TPSA) is 98.9 Å². The quantitative estimate of drug-likeness (QED) is 0.257. The van der Waals surface area contributed by atoms with Crippen LogP contribution in [0.1, 0.15) is 29.8 Å². The number of alkyl halides is 3. The van der Waals surface area contributed by atoms with Crippen molar-refractivity contribution >= 4 is 32.6 Å². The monoisotopic (exact) mass is 464 g/mol. The van der Waals surface area contributed by atoms with Crippen LogP contribution in [0.5, 0.6) is 11.5 Å². The van der Waals surface area contributed by atoms with Gasteiger partial charge in [0.2, 0.25) is 5.12 Å². The van der Waals surface area contributed by atoms with E-state index in [1.54, 1.807) is 13.8 Å². The van der Waals surface area contributed by atoms with Gasteiger partial charge in [-0.1, -0.05) is 25.4 Å². The summed E-state index contributed by atoms with van der Waals surface area (Å²) in [5.41, 5.74) is -1.87. The third-order valence-electron chi connectivity index (χ3n) is 4.31. The summed E-state index contributed by atoms with van der Waals surface area (Å²) in [6.07, 6.45) is -4.59. The average molecular weight is 465 g/mol. The van der Waals surface area contributed by atoms with Gasteiger partial charge in [0, 0.05) is 17.6 Å². The molecule has 0 unspecified atom stereocenters. The Morgan fingerprint density at radius 2 is 1.83 bits per heavy atom. The van der Waals surface area contributed by atoms with Gasteiger partial charge in [0.15, 0.2) is 0 Å². The molecular weight excluding hydrogens is 449 g/mol. The molecule has 0 saturated heterocycles. The van der Waals surface area contributed by atoms with Crippen molar-refractivity contribution in [3.8, 4) is 11.5 Å². The average Bonchev–Trinajstić information content (AvgIpc) is 2.70. The molecule has 0 aliphatic carbocycles. The second-order valence-electron chi connectivity index (χ2n) is 5.96. The Kier molecular flexibility index (Phi) is 7.09. The van der Waals surface area contributed by atoms with Gasteiger partial charge in [-0.15, -0.1) is 4.91 Å². The number of hydrogen-bond acceptors (Lipinski definition) is 6. The molecule has 162 valence electrons. The van der Waals surface area contributed by atoms with Gasteiger partial charge in [-0.05, 0) is 45.1 Å². The molecule has 0 heterocycles. The summed E-state index contributed by atoms with van der Waals surface area (Å²) in [6, 6.07) is 5.68. The first-order valence-corrected chi connectivity index (χ1v) is 10.8. The van der Waals surface area contributed by atoms with Gasteiger partial charge in [-0.2, -0.15) is 13.2 Å². The molecule has 0 N–H and O–H groups in total. The number of halogens is 4. The maximum Gasteiger partial charge on any atom is 0.416 e. The molecule has 0 aliphatic rings. The molecule has 0 aromatic heterocycles. The van der Waals surface area contributed by atoms with Crippen LogP contribution in [0.2, 0.25) is 5.02 Å². The molecule has 0 amide bonds. The number of ether oxygens (including phenoxy) is 1. The molecule has 0 bridgehead atoms. The maximum atomic E-state index is 12.9. The van der Waals surface area contributed by atoms with E-state index in [1.165, 1.54) is 6.07 Å². The van der Waals surface area contributed by atoms with Crippen molar-refractivity contribution in [2.45, 2.75) is 20.0 Å². The van der Waals surface area contributed by atoms with E-state index in [0.29, 0.717) is 6.07 Å². The molecule has 7 nitrogen and oxygen atoms in total. The van der Waals surface area contributed by atoms with Crippen LogP contribution < -0.4 is 4.74 Å². The fraction of sp³-hybridized carbons (Fsp3) is 0.278. The Labute approximate surface area is 175 Å². The largest absolute Gasteiger partial charge is 0.456 e. The lowest BCUT2D eigenvalue weighted by atomic mass is 10.2. The minimum atomic E-state index is -4.59. The number of benzene rings is 2. The van der Waals surface area contributed by atoms with Crippen molar-refractivity contribution in [2.75, 3.05) is 11.5 Å². The van der Waals surface area contributed by atoms with E-state index in [1.807, 2.05) is 0 Å². The van der Waals surface area contributed by atoms with Gasteiger partial charge < -0.3 is 4.74 Å². The first-order valence-electron chi connectivity index (χ1n) is 8.49. The Hall–Kier alpha value is -2.66. The lowest BCUT2D eigenvalue weighted by molar-refractivity contribution is -0.385. The van der Waals surface area contributed by atoms with Gasteiger partial charge >= 0.3 is 6.18 Å². The molecule has 0 radical (unpaired) electrons. The number of nitro benzene ring substituents is 1. The van der Waals surface area contributed by atoms with Gasteiger partial charge in [0.25, 0.3) is 5.69 Å². The molecule has 0 saturated carbocycles. The summed E-state index contributed by atoms with van der Waals surface area (Å²) in [5.74, 6) is 0.00415. The Bertz CT molecular complexity index is 996. The van der Waals surface area contributed by atoms with Gasteiger partial charge in [-0.25, -0.2) is 0 Å². The van der Waals surface area contributed by atoms with E-state index in [2.05, 4.69) is 4.58 Å². The normalized spacial score (nSPS) is 12.3. The Balaban J connectivity index is 2.50. The highest BCUT2D eigenvalue weighted by atomic mass is 35.5. The summed E-state index contributed by atoms with van der Waals surface area (Å²) in [4.78, 5) is 34.9. The zero-order valence-electron chi connectivity index (χ0n) is 15.7. The number of hydrogen-bond donors (Lipinski definition) is 0. The van der Waals surface area contributed by atoms with Crippen molar-refractivity contribution < 1.29 is 27.6 Å². The lowest BCUT2D eigenvalue weighted by Crippen LogP contribution is -2.16. The number of nitro groups is 1. The summed E-state index contributed by atoms with van der Waals surface area (Å²) in [7, 11) is -2.70. The lowest BCUT2D eigenvalue weighted by Gasteiger charge is -2.27. The zero-order valence-corrected chi connectivity index (χ0v) is 17.3. The highest BCUT2D eigenvalue weighted by molar-refractivity contribution is 8.44. The smallest absolute Gasteiger partial charge is 0.416 e. The predicted molar refractivity (Wildman–Crippen MR) is 108 cm³/mol. The van der Waals surface area contributed by atoms with E-state index in [-0.39, 0.29) is 33.6 Å². The molecule has 0 atom stereocenters. The van der Waals surface area contributed by atoms with Gasteiger partial charge in [0.05, 0.1) is 15.5 Å². The van der Waals surface area contributed by atoms with Crippen LogP contribution in [0.4, 0.5) is 18.9 Å². The fourth-order valence-corrected chi connectivity index (χ4v) is 4.60. The highest BCUT2D eigenvalue weighted by Gasteiger charge is 2.36. The van der Waals surface area contributed by atoms with Crippen LogP contribution in [-0.2, 0) is 6.18 Å². The summed E-state index contributed by atoms with van der Waals surface area (Å²) in [5, 5.41) is 10.3. The number of carbonyl (C=O) groups is 1. The van der Waals surface area contributed by atoms with Crippen LogP contribution in [-0.4, -0.2) is 21.5 Å². The standard InChI is InChI=1S/C18H16ClF3N2O5S/c1-3-30(4-2,23-26)17(25)13-10-12(6-7-15(13)24(27)28)29-16-8-5-11(9-14(16)19)18(20,21)22/h5-10H,3-4H2,1-2H3. The van der Waals surface area contributed by atoms with E-state index in [4.69, 9.17) is 16.3 Å². The van der Waals surface area contributed by atoms with E-state index in [9.17, 15) is 33.0 Å². The molecule has 12 heteroatoms. The molecule has 2 rings (SSSR count). The highest BCUT2D eigenvalue weighted by Crippen LogP contribution is 2.53. The minimum Gasteiger partial charge on any atom is -0.456 e. The van der Waals surface area contributed by atoms with E-state index >= 15 is 0 Å². The van der Waals surface area contributed by atoms with Crippen molar-refractivity contribution in [1.29, 1.82) is 0 Å². The Morgan fingerprint density at radius 1 is 1.20 bits per heavy atom. The Morgan fingerprint density at radius 3 is 2.30 bits per heavy atom. The third kappa shape index (κ3) is 4.73. The first-order chi connectivity index (χ1) is 14.0. The molecule has 0 spiro atoms. The first kappa shape index (κ1) is 23.6. The van der Waals surface area contributed by atoms with Crippen LogP contribution in [0.3, 0.4) is 0 Å². The maximum absolute atomic E-state index is 12.9. The molecule has 0 fully saturated rings. The molecular formula is C18H16ClF3N2O5S. The summed E-state index contributed by atoms with van der Waals surface area (Å²) < 4.78 is 46.7. The number of rotatable bonds is 7. The van der Waals surface area contributed by atoms with Crippen LogP contribution in [0.15, 0.2) is 41.0 Å². The van der Waals surface area contributed by atoms with E-state index < -0.39 is 37.7 Å². The molecule has 2 aromatic rings. The number of nitroso groups, excluding NO2 is 1. The van der Waals surface area contributed by atoms with Crippen LogP contribution >= 0.6 is 21.8 Å². The van der Waals surface area contributed by atoms with Crippen molar-refractivity contribution in [1.82, 2.24) is 0 Å². The SMILES string of the molecule is CCS(CC)(N=O)C(=O)c1cc(Oc2ccc(C(F)(F)F)cc2Cl)ccc1[N+](=O)[O-]. The molecule has 0 aliphatic heterocycles. The number of carbonyl (C=O) groups excluding carboxylic acids is 1. The van der Waals surface area contributed by atoms with E-state index in [0.717, 1.165) is 24.3 Å². The summed E-state index contributed by atoms with van der Waals surface area (Å²) >= 11 is 5.86. The van der Waals surface area contributed by atoms with Crippen molar-refractivity contribution in [3.63, 3.8) is 0 Å². The van der Waals surface area contributed by atoms with Crippen molar-refractivity contribution in [2.24, 2.45) is 4.58 Å². The number of nitrogens with zero attached hydrogens (tertiary/aromatic N) is 2. The minimum absolute atomic E-state index is 0.0722. The molecule has 30 heavy (non-hydrogen) atoms. The molecule has 2 aromatic carbocycles. The second kappa shape index (κ2) is 9.00. The third-order valence-corrected chi connectivity index (χ3v) is 7.72. The summed E-state index contributed by atoms with van der Waals surface area (Å²) in [6.45, 7) is 3.18. The van der Waals surface area contributed by atoms with Crippen molar-refractivity contribution in [3.05, 3.63) is 67.6 Å². The predicted octanol–water partition coefficient (Wildman–Crippen LogP) is 6.73. The fourth-order valence-electron chi connectivity index (χ4n) is 2.60. The van der Waals surface area contributed by atoms with Gasteiger partial charge in [-0.3, -0.25) is 14.9 Å². The van der Waals surface area contributed by atoms with Crippen LogP contribution in [0.25, 0.3) is 0 Å². The van der Waals surface area contributed by atoms with Gasteiger partial charge in [0.1, 0.15) is 17.1 Å². The second-order valence-corrected chi connectivity index (χ2v) is 9.73.